The van der Waals surface area contributed by atoms with Gasteiger partial charge < -0.3 is 20.1 Å². The number of carbonyl (C=O) groups excluding carboxylic acids is 1. The summed E-state index contributed by atoms with van der Waals surface area (Å²) in [4.78, 5) is 14.1. The van der Waals surface area contributed by atoms with Gasteiger partial charge in [0.15, 0.2) is 0 Å². The molecule has 1 atom stereocenters. The Morgan fingerprint density at radius 1 is 1.36 bits per heavy atom. The van der Waals surface area contributed by atoms with Crippen molar-refractivity contribution in [3.8, 4) is 5.75 Å². The van der Waals surface area contributed by atoms with E-state index in [1.54, 1.807) is 36.3 Å². The van der Waals surface area contributed by atoms with E-state index in [0.717, 1.165) is 6.26 Å². The molecule has 140 valence electrons. The summed E-state index contributed by atoms with van der Waals surface area (Å²) in [5, 5.41) is 13.4. The van der Waals surface area contributed by atoms with Gasteiger partial charge in [-0.05, 0) is 31.4 Å². The normalized spacial score (nSPS) is 21.5. The Morgan fingerprint density at radius 3 is 2.80 bits per heavy atom. The van der Waals surface area contributed by atoms with Crippen LogP contribution in [0.1, 0.15) is 19.3 Å². The summed E-state index contributed by atoms with van der Waals surface area (Å²) in [5.74, 6) is 0.648. The molecule has 1 aromatic carbocycles. The van der Waals surface area contributed by atoms with Gasteiger partial charge in [0.25, 0.3) is 0 Å². The molecule has 1 aliphatic heterocycles. The number of anilines is 1. The lowest BCUT2D eigenvalue weighted by Gasteiger charge is -2.27. The van der Waals surface area contributed by atoms with Crippen LogP contribution in [0.5, 0.6) is 5.75 Å². The maximum absolute atomic E-state index is 12.4. The van der Waals surface area contributed by atoms with Gasteiger partial charge in [-0.2, -0.15) is 0 Å². The molecule has 0 bridgehead atoms. The van der Waals surface area contributed by atoms with Crippen LogP contribution < -0.4 is 14.8 Å². The third-order valence-electron chi connectivity index (χ3n) is 4.19. The number of ether oxygens (including phenoxy) is 1. The number of likely N-dealkylation sites (tertiary alicyclic amines) is 1. The fourth-order valence-electron chi connectivity index (χ4n) is 2.73. The molecule has 2 amide bonds. The zero-order valence-electron chi connectivity index (χ0n) is 14.5. The highest BCUT2D eigenvalue weighted by Crippen LogP contribution is 2.23. The Balaban J connectivity index is 1.94. The summed E-state index contributed by atoms with van der Waals surface area (Å²) >= 11 is 0. The van der Waals surface area contributed by atoms with Gasteiger partial charge in [0.1, 0.15) is 5.75 Å². The van der Waals surface area contributed by atoms with Crippen molar-refractivity contribution in [1.82, 2.24) is 9.62 Å². The smallest absolute Gasteiger partial charge is 0.321 e. The number of urea groups is 1. The van der Waals surface area contributed by atoms with E-state index in [0.29, 0.717) is 43.8 Å². The van der Waals surface area contributed by atoms with Gasteiger partial charge in [-0.15, -0.1) is 0 Å². The number of aliphatic hydroxyl groups is 1. The first-order chi connectivity index (χ1) is 11.7. The van der Waals surface area contributed by atoms with Crippen molar-refractivity contribution >= 4 is 21.7 Å². The van der Waals surface area contributed by atoms with Crippen LogP contribution in [0, 0.1) is 0 Å². The van der Waals surface area contributed by atoms with Crippen molar-refractivity contribution in [3.63, 3.8) is 0 Å². The fourth-order valence-corrected chi connectivity index (χ4v) is 3.26. The number of nitrogens with zero attached hydrogens (tertiary/aromatic N) is 1. The Kier molecular flexibility index (Phi) is 6.26. The maximum atomic E-state index is 12.4. The van der Waals surface area contributed by atoms with Crippen molar-refractivity contribution in [3.05, 3.63) is 24.3 Å². The number of carbonyl (C=O) groups is 1. The average Bonchev–Trinajstić information content (AvgIpc) is 2.75. The highest BCUT2D eigenvalue weighted by Gasteiger charge is 2.32. The Labute approximate surface area is 148 Å². The van der Waals surface area contributed by atoms with E-state index >= 15 is 0 Å². The first-order valence-corrected chi connectivity index (χ1v) is 9.97. The van der Waals surface area contributed by atoms with Crippen LogP contribution in [-0.4, -0.2) is 63.1 Å². The van der Waals surface area contributed by atoms with Crippen LogP contribution in [0.4, 0.5) is 10.5 Å². The van der Waals surface area contributed by atoms with Crippen molar-refractivity contribution in [2.75, 3.05) is 38.3 Å². The standard InChI is InChI=1S/C16H25N3O5S/c1-24-14-6-3-5-13(11-14)18-15(20)19-9-4-7-16(21,8-10-19)12-17-25(2,22)23/h3,5-6,11,17,21H,4,7-10,12H2,1-2H3,(H,18,20)/t16-/m1/s1. The number of hydrogen-bond acceptors (Lipinski definition) is 5. The number of amides is 2. The second-order valence-electron chi connectivity index (χ2n) is 6.32. The summed E-state index contributed by atoms with van der Waals surface area (Å²) in [7, 11) is -1.81. The predicted molar refractivity (Wildman–Crippen MR) is 95.2 cm³/mol. The van der Waals surface area contributed by atoms with Gasteiger partial charge in [0.05, 0.1) is 19.0 Å². The Hall–Kier alpha value is -1.84. The second-order valence-corrected chi connectivity index (χ2v) is 8.15. The minimum absolute atomic E-state index is 0.0445. The topological polar surface area (TPSA) is 108 Å². The third kappa shape index (κ3) is 6.18. The molecule has 0 radical (unpaired) electrons. The van der Waals surface area contributed by atoms with Gasteiger partial charge >= 0.3 is 6.03 Å². The van der Waals surface area contributed by atoms with E-state index < -0.39 is 15.6 Å². The average molecular weight is 371 g/mol. The van der Waals surface area contributed by atoms with Crippen LogP contribution in [0.3, 0.4) is 0 Å². The highest BCUT2D eigenvalue weighted by molar-refractivity contribution is 7.88. The van der Waals surface area contributed by atoms with Gasteiger partial charge in [-0.1, -0.05) is 6.07 Å². The van der Waals surface area contributed by atoms with Crippen molar-refractivity contribution in [1.29, 1.82) is 0 Å². The molecule has 1 aliphatic rings. The van der Waals surface area contributed by atoms with Crippen LogP contribution in [0.25, 0.3) is 0 Å². The van der Waals surface area contributed by atoms with Crippen molar-refractivity contribution in [2.24, 2.45) is 0 Å². The van der Waals surface area contributed by atoms with Crippen LogP contribution in [0.15, 0.2) is 24.3 Å². The molecule has 25 heavy (non-hydrogen) atoms. The van der Waals surface area contributed by atoms with Crippen LogP contribution in [0.2, 0.25) is 0 Å². The first-order valence-electron chi connectivity index (χ1n) is 8.08. The quantitative estimate of drug-likeness (QED) is 0.715. The number of benzene rings is 1. The monoisotopic (exact) mass is 371 g/mol. The zero-order valence-corrected chi connectivity index (χ0v) is 15.3. The number of rotatable bonds is 5. The van der Waals surface area contributed by atoms with Gasteiger partial charge in [0.2, 0.25) is 10.0 Å². The van der Waals surface area contributed by atoms with Crippen LogP contribution in [-0.2, 0) is 10.0 Å². The summed E-state index contributed by atoms with van der Waals surface area (Å²) in [6, 6.07) is 6.81. The van der Waals surface area contributed by atoms with E-state index in [9.17, 15) is 18.3 Å². The van der Waals surface area contributed by atoms with Crippen molar-refractivity contribution < 1.29 is 23.1 Å². The lowest BCUT2D eigenvalue weighted by Crippen LogP contribution is -2.43. The Morgan fingerprint density at radius 2 is 2.12 bits per heavy atom. The largest absolute Gasteiger partial charge is 0.497 e. The molecule has 9 heteroatoms. The molecular weight excluding hydrogens is 346 g/mol. The molecule has 0 spiro atoms. The molecule has 1 fully saturated rings. The molecule has 0 unspecified atom stereocenters. The van der Waals surface area contributed by atoms with Crippen molar-refractivity contribution in [2.45, 2.75) is 24.9 Å². The highest BCUT2D eigenvalue weighted by atomic mass is 32.2. The Bertz CT molecular complexity index is 709. The molecule has 1 aromatic rings. The molecule has 8 nitrogen and oxygen atoms in total. The molecule has 0 aliphatic carbocycles. The number of hydrogen-bond donors (Lipinski definition) is 3. The molecule has 2 rings (SSSR count). The minimum atomic E-state index is -3.37. The summed E-state index contributed by atoms with van der Waals surface area (Å²) in [5.41, 5.74) is -0.517. The number of nitrogens with one attached hydrogen (secondary N) is 2. The van der Waals surface area contributed by atoms with E-state index in [1.165, 1.54) is 0 Å². The van der Waals surface area contributed by atoms with E-state index in [1.807, 2.05) is 0 Å². The number of methoxy groups -OCH3 is 1. The van der Waals surface area contributed by atoms with Gasteiger partial charge in [0, 0.05) is 31.4 Å². The molecule has 3 N–H and O–H groups in total. The molecule has 1 heterocycles. The SMILES string of the molecule is COc1cccc(NC(=O)N2CCC[C@](O)(CNS(C)(=O)=O)CC2)c1. The maximum Gasteiger partial charge on any atom is 0.321 e. The van der Waals surface area contributed by atoms with Gasteiger partial charge in [-0.3, -0.25) is 0 Å². The molecule has 0 aromatic heterocycles. The second kappa shape index (κ2) is 8.03. The zero-order chi connectivity index (χ0) is 18.5. The molecular formula is C16H25N3O5S. The first kappa shape index (κ1) is 19.5. The lowest BCUT2D eigenvalue weighted by molar-refractivity contribution is 0.0318. The number of sulfonamides is 1. The summed E-state index contributed by atoms with van der Waals surface area (Å²) in [6.07, 6.45) is 2.38. The molecule has 0 saturated carbocycles. The summed E-state index contributed by atoms with van der Waals surface area (Å²) in [6.45, 7) is 0.798. The fraction of sp³-hybridized carbons (Fsp3) is 0.562. The summed E-state index contributed by atoms with van der Waals surface area (Å²) < 4.78 is 29.9. The predicted octanol–water partition coefficient (Wildman–Crippen LogP) is 0.993. The van der Waals surface area contributed by atoms with E-state index in [-0.39, 0.29) is 12.6 Å². The van der Waals surface area contributed by atoms with E-state index in [2.05, 4.69) is 10.0 Å². The minimum Gasteiger partial charge on any atom is -0.497 e. The van der Waals surface area contributed by atoms with Crippen LogP contribution >= 0.6 is 0 Å². The van der Waals surface area contributed by atoms with Gasteiger partial charge in [-0.25, -0.2) is 17.9 Å². The molecule has 1 saturated heterocycles. The third-order valence-corrected chi connectivity index (χ3v) is 4.86. The van der Waals surface area contributed by atoms with E-state index in [4.69, 9.17) is 4.74 Å². The lowest BCUT2D eigenvalue weighted by atomic mass is 9.95.